The number of amides is 1. The molecule has 0 saturated carbocycles. The number of allylic oxidation sites excluding steroid dienone is 1. The Labute approximate surface area is 197 Å². The van der Waals surface area contributed by atoms with Crippen molar-refractivity contribution in [2.75, 3.05) is 39.1 Å². The first kappa shape index (κ1) is 26.1. The topological polar surface area (TPSA) is 50.8 Å². The number of fused-ring (bicyclic) bond motifs is 1. The van der Waals surface area contributed by atoms with Crippen LogP contribution in [0.1, 0.15) is 39.2 Å². The lowest BCUT2D eigenvalue weighted by Crippen LogP contribution is -2.32. The third kappa shape index (κ3) is 7.74. The molecule has 0 radical (unpaired) electrons. The van der Waals surface area contributed by atoms with E-state index in [9.17, 15) is 4.79 Å². The number of ether oxygens (including phenoxy) is 2. The lowest BCUT2D eigenvalue weighted by molar-refractivity contribution is -0.121. The molecular weight excluding hydrogens is 420 g/mol. The number of hydrogen-bond donors (Lipinski definition) is 1. The van der Waals surface area contributed by atoms with E-state index in [1.54, 1.807) is 7.11 Å². The molecule has 2 heterocycles. The van der Waals surface area contributed by atoms with Crippen LogP contribution in [0.15, 0.2) is 46.9 Å². The molecule has 0 spiro atoms. The minimum absolute atomic E-state index is 0.119. The van der Waals surface area contributed by atoms with Gasteiger partial charge in [-0.25, -0.2) is 0 Å². The van der Waals surface area contributed by atoms with Crippen LogP contribution in [0, 0.1) is 12.3 Å². The van der Waals surface area contributed by atoms with Gasteiger partial charge < -0.3 is 14.8 Å². The van der Waals surface area contributed by atoms with Crippen molar-refractivity contribution < 1.29 is 14.3 Å². The normalized spacial score (nSPS) is 21.0. The Morgan fingerprint density at radius 1 is 1.50 bits per heavy atom. The summed E-state index contributed by atoms with van der Waals surface area (Å²) >= 11 is 1.88. The van der Waals surface area contributed by atoms with E-state index in [1.807, 2.05) is 44.7 Å². The summed E-state index contributed by atoms with van der Waals surface area (Å²) in [6.07, 6.45) is 8.69. The Kier molecular flexibility index (Phi) is 10.4. The van der Waals surface area contributed by atoms with Crippen molar-refractivity contribution in [1.82, 2.24) is 10.2 Å². The van der Waals surface area contributed by atoms with Crippen LogP contribution in [-0.2, 0) is 16.1 Å². The van der Waals surface area contributed by atoms with Gasteiger partial charge in [0.05, 0.1) is 13.7 Å². The molecule has 1 aromatic rings. The van der Waals surface area contributed by atoms with Crippen LogP contribution in [0.25, 0.3) is 0 Å². The fourth-order valence-corrected chi connectivity index (χ4v) is 4.34. The number of carbonyl (C=O) groups is 1. The van der Waals surface area contributed by atoms with Crippen molar-refractivity contribution >= 4 is 17.7 Å². The Bertz CT molecular complexity index is 874. The molecule has 1 saturated heterocycles. The lowest BCUT2D eigenvalue weighted by Gasteiger charge is -2.20. The summed E-state index contributed by atoms with van der Waals surface area (Å²) < 4.78 is 10.6. The highest BCUT2D eigenvalue weighted by Crippen LogP contribution is 2.30. The van der Waals surface area contributed by atoms with Crippen LogP contribution in [0.4, 0.5) is 0 Å². The molecular formula is C26H36N2O3S. The minimum Gasteiger partial charge on any atom is -0.497 e. The van der Waals surface area contributed by atoms with Gasteiger partial charge >= 0.3 is 0 Å². The third-order valence-corrected chi connectivity index (χ3v) is 6.88. The summed E-state index contributed by atoms with van der Waals surface area (Å²) in [6.45, 7) is 13.7. The molecule has 0 aromatic heterocycles. The van der Waals surface area contributed by atoms with E-state index in [4.69, 9.17) is 15.9 Å². The molecule has 1 atom stereocenters. The summed E-state index contributed by atoms with van der Waals surface area (Å²) in [5.74, 6) is 4.64. The molecule has 1 amide bonds. The van der Waals surface area contributed by atoms with E-state index >= 15 is 0 Å². The number of carbonyl (C=O) groups excluding carboxylic acids is 1. The third-order valence-electron chi connectivity index (χ3n) is 5.78. The maximum atomic E-state index is 11.9. The monoisotopic (exact) mass is 456 g/mol. The molecule has 2 aliphatic rings. The molecule has 5 nitrogen and oxygen atoms in total. The van der Waals surface area contributed by atoms with Crippen LogP contribution < -0.4 is 10.1 Å². The van der Waals surface area contributed by atoms with Gasteiger partial charge in [0.1, 0.15) is 11.4 Å². The summed E-state index contributed by atoms with van der Waals surface area (Å²) in [7, 11) is 1.69. The Hall–Kier alpha value is -2.20. The number of nitrogens with zero attached hydrogens (tertiary/aromatic N) is 1. The zero-order chi connectivity index (χ0) is 23.6. The van der Waals surface area contributed by atoms with Gasteiger partial charge in [0.25, 0.3) is 0 Å². The van der Waals surface area contributed by atoms with Gasteiger partial charge in [-0.3, -0.25) is 9.69 Å². The molecule has 1 unspecified atom stereocenters. The molecule has 174 valence electrons. The number of thioether (sulfide) groups is 1. The highest BCUT2D eigenvalue weighted by atomic mass is 32.2. The van der Waals surface area contributed by atoms with Crippen LogP contribution in [0.2, 0.25) is 0 Å². The SMILES string of the molecule is C#CC1(C)OCCC1=C.C/C=C(\C)CNC(=O)CCN1CCSc2ccc(OC)cc2C1. The predicted octanol–water partition coefficient (Wildman–Crippen LogP) is 4.43. The predicted molar refractivity (Wildman–Crippen MR) is 133 cm³/mol. The van der Waals surface area contributed by atoms with Gasteiger partial charge in [0.15, 0.2) is 0 Å². The van der Waals surface area contributed by atoms with Gasteiger partial charge in [-0.15, -0.1) is 18.2 Å². The van der Waals surface area contributed by atoms with E-state index in [0.29, 0.717) is 13.0 Å². The van der Waals surface area contributed by atoms with Crippen molar-refractivity contribution in [3.05, 3.63) is 47.6 Å². The summed E-state index contributed by atoms with van der Waals surface area (Å²) in [5.41, 5.74) is 3.02. The Morgan fingerprint density at radius 3 is 2.88 bits per heavy atom. The lowest BCUT2D eigenvalue weighted by atomic mass is 9.99. The van der Waals surface area contributed by atoms with E-state index in [-0.39, 0.29) is 5.91 Å². The van der Waals surface area contributed by atoms with E-state index in [0.717, 1.165) is 49.7 Å². The standard InChI is InChI=1S/C18H26N2O2S.C8H10O/c1-4-14(2)12-19-18(21)7-8-20-9-10-23-17-6-5-16(22-3)11-15(17)13-20;1-4-8(3)7(2)5-6-9-8/h4-6,11H,7-10,12-13H2,1-3H3,(H,19,21);1H,2,5-6H2,3H3/b14-4+;. The number of nitrogens with one attached hydrogen (secondary N) is 1. The Balaban J connectivity index is 0.000000336. The largest absolute Gasteiger partial charge is 0.497 e. The molecule has 3 rings (SSSR count). The molecule has 0 aliphatic carbocycles. The summed E-state index contributed by atoms with van der Waals surface area (Å²) in [5, 5.41) is 2.97. The van der Waals surface area contributed by atoms with Gasteiger partial charge in [0.2, 0.25) is 5.91 Å². The summed E-state index contributed by atoms with van der Waals surface area (Å²) in [4.78, 5) is 15.6. The first-order valence-corrected chi connectivity index (χ1v) is 12.0. The second-order valence-corrected chi connectivity index (χ2v) is 9.28. The van der Waals surface area contributed by atoms with E-state index in [1.165, 1.54) is 16.0 Å². The van der Waals surface area contributed by atoms with Crippen LogP contribution in [-0.4, -0.2) is 55.5 Å². The second kappa shape index (κ2) is 12.7. The minimum atomic E-state index is -0.472. The fourth-order valence-electron chi connectivity index (χ4n) is 3.29. The average Bonchev–Trinajstić information content (AvgIpc) is 3.02. The first-order chi connectivity index (χ1) is 15.3. The molecule has 6 heteroatoms. The highest BCUT2D eigenvalue weighted by molar-refractivity contribution is 7.99. The zero-order valence-electron chi connectivity index (χ0n) is 19.8. The molecule has 1 aromatic carbocycles. The van der Waals surface area contributed by atoms with Gasteiger partial charge in [-0.05, 0) is 56.5 Å². The number of methoxy groups -OCH3 is 1. The molecule has 0 bridgehead atoms. The fraction of sp³-hybridized carbons (Fsp3) is 0.500. The quantitative estimate of drug-likeness (QED) is 0.507. The number of rotatable bonds is 6. The van der Waals surface area contributed by atoms with Crippen molar-refractivity contribution in [3.63, 3.8) is 0 Å². The van der Waals surface area contributed by atoms with Gasteiger partial charge in [-0.1, -0.05) is 24.1 Å². The van der Waals surface area contributed by atoms with Crippen molar-refractivity contribution in [2.45, 2.75) is 50.7 Å². The van der Waals surface area contributed by atoms with Crippen LogP contribution in [0.5, 0.6) is 5.75 Å². The second-order valence-electron chi connectivity index (χ2n) is 8.14. The maximum Gasteiger partial charge on any atom is 0.221 e. The summed E-state index contributed by atoms with van der Waals surface area (Å²) in [6, 6.07) is 6.25. The number of hydrogen-bond acceptors (Lipinski definition) is 5. The molecule has 2 aliphatic heterocycles. The average molecular weight is 457 g/mol. The van der Waals surface area contributed by atoms with Crippen molar-refractivity contribution in [1.29, 1.82) is 0 Å². The first-order valence-electron chi connectivity index (χ1n) is 11.0. The molecule has 1 N–H and O–H groups in total. The van der Waals surface area contributed by atoms with Crippen LogP contribution >= 0.6 is 11.8 Å². The number of benzene rings is 1. The van der Waals surface area contributed by atoms with Crippen molar-refractivity contribution in [2.24, 2.45) is 0 Å². The highest BCUT2D eigenvalue weighted by Gasteiger charge is 2.30. The van der Waals surface area contributed by atoms with Crippen molar-refractivity contribution in [3.8, 4) is 18.1 Å². The maximum absolute atomic E-state index is 11.9. The van der Waals surface area contributed by atoms with Gasteiger partial charge in [-0.2, -0.15) is 0 Å². The Morgan fingerprint density at radius 2 is 2.28 bits per heavy atom. The smallest absolute Gasteiger partial charge is 0.221 e. The number of terminal acetylenes is 1. The zero-order valence-corrected chi connectivity index (χ0v) is 20.6. The van der Waals surface area contributed by atoms with E-state index in [2.05, 4.69) is 34.8 Å². The van der Waals surface area contributed by atoms with E-state index < -0.39 is 5.60 Å². The molecule has 1 fully saturated rings. The van der Waals surface area contributed by atoms with Gasteiger partial charge in [0, 0.05) is 43.2 Å². The van der Waals surface area contributed by atoms with Crippen LogP contribution in [0.3, 0.4) is 0 Å². The molecule has 32 heavy (non-hydrogen) atoms.